The molecule has 3 nitrogen and oxygen atoms in total. The number of hydrogen-bond acceptors (Lipinski definition) is 3. The smallest absolute Gasteiger partial charge is 0.330 e. The lowest BCUT2D eigenvalue weighted by molar-refractivity contribution is -0.148. The van der Waals surface area contributed by atoms with Gasteiger partial charge in [0.05, 0.1) is 7.11 Å². The van der Waals surface area contributed by atoms with Crippen LogP contribution in [0, 0.1) is 12.7 Å². The first kappa shape index (κ1) is 14.6. The highest BCUT2D eigenvalue weighted by atomic mass is 19.1. The molecule has 0 saturated heterocycles. The number of esters is 1. The molecule has 1 N–H and O–H groups in total. The first-order valence-electron chi connectivity index (χ1n) is 6.05. The van der Waals surface area contributed by atoms with Crippen LogP contribution in [-0.4, -0.2) is 19.6 Å². The molecule has 0 fully saturated rings. The average Bonchev–Trinajstić information content (AvgIpc) is 2.38. The van der Waals surface area contributed by atoms with Crippen LogP contribution < -0.4 is 5.32 Å². The van der Waals surface area contributed by atoms with E-state index in [4.69, 9.17) is 4.74 Å². The van der Waals surface area contributed by atoms with Crippen LogP contribution in [-0.2, 0) is 15.1 Å². The standard InChI is InChI=1S/C14H20FNO2/c1-5-8-16-14(3,13(17)18-4)11-7-6-10(2)12(15)9-11/h6-7,9,16H,5,8H2,1-4H3. The molecule has 1 atom stereocenters. The number of carbonyl (C=O) groups is 1. The van der Waals surface area contributed by atoms with E-state index in [-0.39, 0.29) is 5.82 Å². The number of nitrogens with one attached hydrogen (secondary N) is 1. The van der Waals surface area contributed by atoms with E-state index >= 15 is 0 Å². The number of carbonyl (C=O) groups excluding carboxylic acids is 1. The lowest BCUT2D eigenvalue weighted by Gasteiger charge is -2.28. The zero-order chi connectivity index (χ0) is 13.8. The Balaban J connectivity index is 3.16. The van der Waals surface area contributed by atoms with Crippen molar-refractivity contribution in [3.8, 4) is 0 Å². The summed E-state index contributed by atoms with van der Waals surface area (Å²) in [4.78, 5) is 11.9. The molecule has 4 heteroatoms. The fraction of sp³-hybridized carbons (Fsp3) is 0.500. The van der Waals surface area contributed by atoms with Crippen molar-refractivity contribution in [3.05, 3.63) is 35.1 Å². The van der Waals surface area contributed by atoms with Gasteiger partial charge in [0.1, 0.15) is 11.4 Å². The summed E-state index contributed by atoms with van der Waals surface area (Å²) in [5.74, 6) is -0.736. The van der Waals surface area contributed by atoms with Crippen LogP contribution in [0.5, 0.6) is 0 Å². The van der Waals surface area contributed by atoms with Gasteiger partial charge in [-0.25, -0.2) is 9.18 Å². The number of aryl methyl sites for hydroxylation is 1. The Kier molecular flexibility index (Phi) is 4.84. The Bertz CT molecular complexity index is 434. The molecule has 1 aromatic carbocycles. The average molecular weight is 253 g/mol. The quantitative estimate of drug-likeness (QED) is 0.819. The van der Waals surface area contributed by atoms with Crippen LogP contribution in [0.4, 0.5) is 4.39 Å². The maximum atomic E-state index is 13.6. The summed E-state index contributed by atoms with van der Waals surface area (Å²) in [6.45, 7) is 6.05. The molecule has 1 unspecified atom stereocenters. The van der Waals surface area contributed by atoms with E-state index in [1.54, 1.807) is 26.0 Å². The van der Waals surface area contributed by atoms with E-state index in [2.05, 4.69) is 5.32 Å². The van der Waals surface area contributed by atoms with E-state index in [1.807, 2.05) is 6.92 Å². The minimum Gasteiger partial charge on any atom is -0.467 e. The van der Waals surface area contributed by atoms with Gasteiger partial charge in [-0.2, -0.15) is 0 Å². The van der Waals surface area contributed by atoms with Crippen LogP contribution in [0.25, 0.3) is 0 Å². The maximum Gasteiger partial charge on any atom is 0.330 e. The summed E-state index contributed by atoms with van der Waals surface area (Å²) < 4.78 is 18.4. The van der Waals surface area contributed by atoms with E-state index < -0.39 is 11.5 Å². The molecule has 1 aromatic rings. The van der Waals surface area contributed by atoms with Gasteiger partial charge in [-0.1, -0.05) is 19.1 Å². The van der Waals surface area contributed by atoms with Crippen molar-refractivity contribution in [2.45, 2.75) is 32.7 Å². The van der Waals surface area contributed by atoms with Gasteiger partial charge in [-0.05, 0) is 44.0 Å². The number of hydrogen-bond donors (Lipinski definition) is 1. The molecule has 0 aliphatic heterocycles. The van der Waals surface area contributed by atoms with Crippen molar-refractivity contribution in [2.24, 2.45) is 0 Å². The Morgan fingerprint density at radius 2 is 2.17 bits per heavy atom. The van der Waals surface area contributed by atoms with Gasteiger partial charge in [-0.15, -0.1) is 0 Å². The van der Waals surface area contributed by atoms with Gasteiger partial charge in [0.2, 0.25) is 0 Å². The lowest BCUT2D eigenvalue weighted by Crippen LogP contribution is -2.47. The summed E-state index contributed by atoms with van der Waals surface area (Å²) in [6.07, 6.45) is 0.876. The van der Waals surface area contributed by atoms with E-state index in [0.717, 1.165) is 6.42 Å². The summed E-state index contributed by atoms with van der Waals surface area (Å²) in [7, 11) is 1.33. The van der Waals surface area contributed by atoms with Crippen LogP contribution >= 0.6 is 0 Å². The normalized spacial score (nSPS) is 14.1. The largest absolute Gasteiger partial charge is 0.467 e. The number of halogens is 1. The van der Waals surface area contributed by atoms with E-state index in [0.29, 0.717) is 17.7 Å². The first-order chi connectivity index (χ1) is 8.45. The Morgan fingerprint density at radius 1 is 1.50 bits per heavy atom. The van der Waals surface area contributed by atoms with Crippen LogP contribution in [0.15, 0.2) is 18.2 Å². The van der Waals surface area contributed by atoms with Gasteiger partial charge in [0.25, 0.3) is 0 Å². The molecule has 100 valence electrons. The molecule has 1 rings (SSSR count). The molecular weight excluding hydrogens is 233 g/mol. The molecule has 0 saturated carbocycles. The van der Waals surface area contributed by atoms with Crippen molar-refractivity contribution in [1.82, 2.24) is 5.32 Å². The van der Waals surface area contributed by atoms with Gasteiger partial charge in [0, 0.05) is 0 Å². The second kappa shape index (κ2) is 5.96. The molecule has 0 aliphatic carbocycles. The van der Waals surface area contributed by atoms with Gasteiger partial charge < -0.3 is 4.74 Å². The Hall–Kier alpha value is -1.42. The summed E-state index contributed by atoms with van der Waals surface area (Å²) in [5.41, 5.74) is 0.117. The molecule has 0 radical (unpaired) electrons. The van der Waals surface area contributed by atoms with Crippen molar-refractivity contribution in [1.29, 1.82) is 0 Å². The third kappa shape index (κ3) is 2.88. The van der Waals surface area contributed by atoms with Crippen LogP contribution in [0.3, 0.4) is 0 Å². The Labute approximate surface area is 107 Å². The molecular formula is C14H20FNO2. The molecule has 0 spiro atoms. The molecule has 0 bridgehead atoms. The summed E-state index contributed by atoms with van der Waals surface area (Å²) in [5, 5.41) is 3.12. The summed E-state index contributed by atoms with van der Waals surface area (Å²) in [6, 6.07) is 4.80. The van der Waals surface area contributed by atoms with Crippen molar-refractivity contribution >= 4 is 5.97 Å². The summed E-state index contributed by atoms with van der Waals surface area (Å²) >= 11 is 0. The highest BCUT2D eigenvalue weighted by Gasteiger charge is 2.36. The minimum atomic E-state index is -1.01. The number of rotatable bonds is 5. The van der Waals surface area contributed by atoms with Gasteiger partial charge in [0.15, 0.2) is 0 Å². The zero-order valence-corrected chi connectivity index (χ0v) is 11.3. The third-order valence-corrected chi connectivity index (χ3v) is 3.07. The van der Waals surface area contributed by atoms with Crippen molar-refractivity contribution < 1.29 is 13.9 Å². The van der Waals surface area contributed by atoms with Crippen molar-refractivity contribution in [2.75, 3.05) is 13.7 Å². The highest BCUT2D eigenvalue weighted by molar-refractivity contribution is 5.82. The minimum absolute atomic E-state index is 0.319. The SMILES string of the molecule is CCCNC(C)(C(=O)OC)c1ccc(C)c(F)c1. The fourth-order valence-electron chi connectivity index (χ4n) is 1.78. The maximum absolute atomic E-state index is 13.6. The first-order valence-corrected chi connectivity index (χ1v) is 6.05. The van der Waals surface area contributed by atoms with Crippen molar-refractivity contribution in [3.63, 3.8) is 0 Å². The third-order valence-electron chi connectivity index (χ3n) is 3.07. The zero-order valence-electron chi connectivity index (χ0n) is 11.3. The molecule has 18 heavy (non-hydrogen) atoms. The van der Waals surface area contributed by atoms with Gasteiger partial charge >= 0.3 is 5.97 Å². The van der Waals surface area contributed by atoms with E-state index in [9.17, 15) is 9.18 Å². The van der Waals surface area contributed by atoms with Crippen LogP contribution in [0.2, 0.25) is 0 Å². The highest BCUT2D eigenvalue weighted by Crippen LogP contribution is 2.24. The second-order valence-electron chi connectivity index (χ2n) is 4.51. The monoisotopic (exact) mass is 253 g/mol. The Morgan fingerprint density at radius 3 is 2.67 bits per heavy atom. The number of benzene rings is 1. The second-order valence-corrected chi connectivity index (χ2v) is 4.51. The predicted molar refractivity (Wildman–Crippen MR) is 68.8 cm³/mol. The van der Waals surface area contributed by atoms with E-state index in [1.165, 1.54) is 13.2 Å². The lowest BCUT2D eigenvalue weighted by atomic mass is 9.91. The number of methoxy groups -OCH3 is 1. The van der Waals surface area contributed by atoms with Gasteiger partial charge in [-0.3, -0.25) is 5.32 Å². The fourth-order valence-corrected chi connectivity index (χ4v) is 1.78. The topological polar surface area (TPSA) is 38.3 Å². The predicted octanol–water partition coefficient (Wildman–Crippen LogP) is 2.52. The van der Waals surface area contributed by atoms with Crippen LogP contribution in [0.1, 0.15) is 31.4 Å². The molecule has 0 aliphatic rings. The molecule has 0 heterocycles. The number of ether oxygens (including phenoxy) is 1. The molecule has 0 amide bonds. The molecule has 0 aromatic heterocycles.